The summed E-state index contributed by atoms with van der Waals surface area (Å²) in [5.74, 6) is -2.85. The molecule has 1 aromatic rings. The first-order chi connectivity index (χ1) is 7.45. The lowest BCUT2D eigenvalue weighted by atomic mass is 10.0. The number of hydrogen-bond donors (Lipinski definition) is 1. The van der Waals surface area contributed by atoms with Crippen LogP contribution < -0.4 is 5.32 Å². The van der Waals surface area contributed by atoms with E-state index in [0.29, 0.717) is 17.1 Å². The smallest absolute Gasteiger partial charge is 0.270 e. The van der Waals surface area contributed by atoms with E-state index in [1.807, 2.05) is 6.92 Å². The Morgan fingerprint density at radius 1 is 1.38 bits per heavy atom. The van der Waals surface area contributed by atoms with Crippen molar-refractivity contribution in [2.75, 3.05) is 6.54 Å². The summed E-state index contributed by atoms with van der Waals surface area (Å²) in [6, 6.07) is 4.63. The molecule has 0 saturated heterocycles. The van der Waals surface area contributed by atoms with Gasteiger partial charge in [0.25, 0.3) is 5.92 Å². The molecule has 0 aliphatic rings. The first-order valence-electron chi connectivity index (χ1n) is 5.32. The molecule has 0 atom stereocenters. The topological polar surface area (TPSA) is 12.0 Å². The van der Waals surface area contributed by atoms with Gasteiger partial charge in [-0.1, -0.05) is 24.6 Å². The highest BCUT2D eigenvalue weighted by atomic mass is 35.5. The average molecular weight is 248 g/mol. The summed E-state index contributed by atoms with van der Waals surface area (Å²) in [5, 5.41) is 3.45. The van der Waals surface area contributed by atoms with Gasteiger partial charge in [0.1, 0.15) is 0 Å². The van der Waals surface area contributed by atoms with Crippen LogP contribution in [0.3, 0.4) is 0 Å². The lowest BCUT2D eigenvalue weighted by Crippen LogP contribution is -2.18. The van der Waals surface area contributed by atoms with E-state index in [0.717, 1.165) is 19.9 Å². The Labute approximate surface area is 99.8 Å². The van der Waals surface area contributed by atoms with Gasteiger partial charge in [-0.25, -0.2) is 8.78 Å². The summed E-state index contributed by atoms with van der Waals surface area (Å²) in [4.78, 5) is 0. The molecule has 90 valence electrons. The van der Waals surface area contributed by atoms with Crippen molar-refractivity contribution in [2.45, 2.75) is 32.7 Å². The minimum atomic E-state index is -2.85. The highest BCUT2D eigenvalue weighted by molar-refractivity contribution is 6.30. The molecule has 1 nitrogen and oxygen atoms in total. The number of halogens is 3. The molecule has 1 aromatic carbocycles. The fourth-order valence-electron chi connectivity index (χ4n) is 1.51. The van der Waals surface area contributed by atoms with E-state index in [4.69, 9.17) is 11.6 Å². The van der Waals surface area contributed by atoms with Crippen LogP contribution in [0.5, 0.6) is 0 Å². The minimum absolute atomic E-state index is 0.00334. The summed E-state index contributed by atoms with van der Waals surface area (Å²) in [7, 11) is 0. The van der Waals surface area contributed by atoms with Gasteiger partial charge < -0.3 is 5.32 Å². The Hall–Kier alpha value is -0.670. The molecule has 0 fully saturated rings. The summed E-state index contributed by atoms with van der Waals surface area (Å²) in [6.45, 7) is 4.19. The van der Waals surface area contributed by atoms with E-state index < -0.39 is 5.92 Å². The Morgan fingerprint density at radius 3 is 2.62 bits per heavy atom. The molecule has 0 saturated carbocycles. The van der Waals surface area contributed by atoms with Crippen molar-refractivity contribution in [1.82, 2.24) is 5.32 Å². The van der Waals surface area contributed by atoms with Crippen molar-refractivity contribution < 1.29 is 8.78 Å². The highest BCUT2D eigenvalue weighted by Gasteiger charge is 2.27. The second-order valence-electron chi connectivity index (χ2n) is 3.87. The molecule has 0 aliphatic carbocycles. The molecule has 0 unspecified atom stereocenters. The summed E-state index contributed by atoms with van der Waals surface area (Å²) in [5.41, 5.74) is 0.606. The van der Waals surface area contributed by atoms with Crippen LogP contribution in [0.4, 0.5) is 8.78 Å². The molecule has 0 amide bonds. The number of hydrogen-bond acceptors (Lipinski definition) is 1. The largest absolute Gasteiger partial charge is 0.313 e. The third-order valence-corrected chi connectivity index (χ3v) is 2.52. The van der Waals surface area contributed by atoms with Gasteiger partial charge in [0.15, 0.2) is 0 Å². The third-order valence-electron chi connectivity index (χ3n) is 2.29. The molecule has 0 aliphatic heterocycles. The first-order valence-corrected chi connectivity index (χ1v) is 5.70. The van der Waals surface area contributed by atoms with Crippen LogP contribution in [0.2, 0.25) is 5.02 Å². The van der Waals surface area contributed by atoms with E-state index in [2.05, 4.69) is 5.32 Å². The highest BCUT2D eigenvalue weighted by Crippen LogP contribution is 2.31. The molecule has 4 heteroatoms. The second-order valence-corrected chi connectivity index (χ2v) is 4.30. The fraction of sp³-hybridized carbons (Fsp3) is 0.500. The third kappa shape index (κ3) is 3.72. The van der Waals surface area contributed by atoms with Gasteiger partial charge in [0.2, 0.25) is 0 Å². The van der Waals surface area contributed by atoms with Crippen molar-refractivity contribution in [1.29, 1.82) is 0 Å². The zero-order valence-electron chi connectivity index (χ0n) is 9.49. The zero-order chi connectivity index (χ0) is 12.2. The van der Waals surface area contributed by atoms with Crippen LogP contribution in [0, 0.1) is 0 Å². The van der Waals surface area contributed by atoms with Gasteiger partial charge in [-0.05, 0) is 30.7 Å². The Bertz CT molecular complexity index is 347. The maximum atomic E-state index is 13.3. The standard InChI is InChI=1S/C12H16ClF2N/c1-3-6-16-8-9-4-5-10(13)7-11(9)12(2,14)15/h4-5,7,16H,3,6,8H2,1-2H3. The fourth-order valence-corrected chi connectivity index (χ4v) is 1.68. The van der Waals surface area contributed by atoms with Crippen LogP contribution in [0.1, 0.15) is 31.4 Å². The van der Waals surface area contributed by atoms with E-state index in [1.165, 1.54) is 6.07 Å². The number of alkyl halides is 2. The maximum absolute atomic E-state index is 13.3. The van der Waals surface area contributed by atoms with Crippen LogP contribution in [-0.4, -0.2) is 6.54 Å². The Kier molecular flexibility index (Phi) is 4.69. The van der Waals surface area contributed by atoms with Gasteiger partial charge >= 0.3 is 0 Å². The SMILES string of the molecule is CCCNCc1ccc(Cl)cc1C(C)(F)F. The zero-order valence-corrected chi connectivity index (χ0v) is 10.2. The van der Waals surface area contributed by atoms with E-state index in [9.17, 15) is 8.78 Å². The predicted molar refractivity (Wildman–Crippen MR) is 63.0 cm³/mol. The summed E-state index contributed by atoms with van der Waals surface area (Å²) in [6.07, 6.45) is 0.978. The van der Waals surface area contributed by atoms with Gasteiger partial charge in [0.05, 0.1) is 0 Å². The molecule has 0 spiro atoms. The molecule has 16 heavy (non-hydrogen) atoms. The lowest BCUT2D eigenvalue weighted by Gasteiger charge is -2.16. The lowest BCUT2D eigenvalue weighted by molar-refractivity contribution is 0.0164. The molecular weight excluding hydrogens is 232 g/mol. The van der Waals surface area contributed by atoms with Crippen LogP contribution in [-0.2, 0) is 12.5 Å². The molecule has 1 N–H and O–H groups in total. The van der Waals surface area contributed by atoms with Crippen molar-refractivity contribution in [3.63, 3.8) is 0 Å². The minimum Gasteiger partial charge on any atom is -0.313 e. The van der Waals surface area contributed by atoms with Crippen LogP contribution in [0.25, 0.3) is 0 Å². The quantitative estimate of drug-likeness (QED) is 0.777. The second kappa shape index (κ2) is 5.60. The van der Waals surface area contributed by atoms with Gasteiger partial charge in [-0.3, -0.25) is 0 Å². The van der Waals surface area contributed by atoms with Crippen molar-refractivity contribution in [3.05, 3.63) is 34.3 Å². The number of benzene rings is 1. The Balaban J connectivity index is 2.90. The number of nitrogens with one attached hydrogen (secondary N) is 1. The van der Waals surface area contributed by atoms with Crippen molar-refractivity contribution >= 4 is 11.6 Å². The monoisotopic (exact) mass is 247 g/mol. The maximum Gasteiger partial charge on any atom is 0.270 e. The predicted octanol–water partition coefficient (Wildman–Crippen LogP) is 3.95. The first kappa shape index (κ1) is 13.4. The molecular formula is C12H16ClF2N. The number of rotatable bonds is 5. The summed E-state index contributed by atoms with van der Waals surface area (Å²) < 4.78 is 26.6. The molecule has 1 rings (SSSR count). The van der Waals surface area contributed by atoms with Gasteiger partial charge in [-0.15, -0.1) is 0 Å². The van der Waals surface area contributed by atoms with Crippen molar-refractivity contribution in [2.24, 2.45) is 0 Å². The van der Waals surface area contributed by atoms with Crippen LogP contribution in [0.15, 0.2) is 18.2 Å². The molecule has 0 aromatic heterocycles. The van der Waals surface area contributed by atoms with Crippen molar-refractivity contribution in [3.8, 4) is 0 Å². The normalized spacial score (nSPS) is 11.8. The molecule has 0 radical (unpaired) electrons. The molecule has 0 heterocycles. The van der Waals surface area contributed by atoms with E-state index in [-0.39, 0.29) is 5.56 Å². The molecule has 0 bridgehead atoms. The van der Waals surface area contributed by atoms with E-state index in [1.54, 1.807) is 12.1 Å². The van der Waals surface area contributed by atoms with E-state index >= 15 is 0 Å². The summed E-state index contributed by atoms with van der Waals surface area (Å²) >= 11 is 5.73. The van der Waals surface area contributed by atoms with Gasteiger partial charge in [-0.2, -0.15) is 0 Å². The Morgan fingerprint density at radius 2 is 2.06 bits per heavy atom. The average Bonchev–Trinajstić information content (AvgIpc) is 2.19. The van der Waals surface area contributed by atoms with Crippen LogP contribution >= 0.6 is 11.6 Å². The van der Waals surface area contributed by atoms with Gasteiger partial charge in [0, 0.05) is 24.1 Å².